The summed E-state index contributed by atoms with van der Waals surface area (Å²) in [4.78, 5) is 16.6. The van der Waals surface area contributed by atoms with Gasteiger partial charge < -0.3 is 19.3 Å². The Morgan fingerprint density at radius 2 is 1.96 bits per heavy atom. The Balaban J connectivity index is 1.36. The van der Waals surface area contributed by atoms with E-state index in [1.54, 1.807) is 19.1 Å². The Hall–Kier alpha value is -2.01. The van der Waals surface area contributed by atoms with Gasteiger partial charge in [0.15, 0.2) is 11.5 Å². The number of carbonyl (C=O) groups is 1. The monoisotopic (exact) mass is 357 g/mol. The lowest BCUT2D eigenvalue weighted by Gasteiger charge is -2.34. The largest absolute Gasteiger partial charge is 0.493 e. The first kappa shape index (κ1) is 17.4. The lowest BCUT2D eigenvalue weighted by Crippen LogP contribution is -3.15. The van der Waals surface area contributed by atoms with Crippen LogP contribution in [0.1, 0.15) is 23.2 Å². The number of fused-ring (bicyclic) bond motifs is 2. The smallest absolute Gasteiger partial charge is 0.258 e. The number of nitrogens with one attached hydrogen (secondary N) is 1. The SMILES string of the molecule is COc1cccc(C(=O)N2CC[NH+](C[C@@H]3C[C@@H]4C=C[C@H]3C4)CC2)c1OC. The fourth-order valence-corrected chi connectivity index (χ4v) is 4.96. The summed E-state index contributed by atoms with van der Waals surface area (Å²) in [5.74, 6) is 3.68. The Labute approximate surface area is 155 Å². The van der Waals surface area contributed by atoms with Crippen molar-refractivity contribution in [3.05, 3.63) is 35.9 Å². The summed E-state index contributed by atoms with van der Waals surface area (Å²) in [5.41, 5.74) is 0.591. The second-order valence-corrected chi connectivity index (χ2v) is 7.83. The van der Waals surface area contributed by atoms with E-state index in [1.165, 1.54) is 19.4 Å². The summed E-state index contributed by atoms with van der Waals surface area (Å²) in [6.07, 6.45) is 7.59. The van der Waals surface area contributed by atoms with Gasteiger partial charge in [-0.1, -0.05) is 18.2 Å². The molecule has 1 N–H and O–H groups in total. The molecular weight excluding hydrogens is 328 g/mol. The van der Waals surface area contributed by atoms with Crippen LogP contribution in [0.3, 0.4) is 0 Å². The summed E-state index contributed by atoms with van der Waals surface area (Å²) in [5, 5.41) is 0. The van der Waals surface area contributed by atoms with E-state index >= 15 is 0 Å². The Morgan fingerprint density at radius 1 is 1.15 bits per heavy atom. The maximum absolute atomic E-state index is 13.0. The molecule has 0 unspecified atom stereocenters. The van der Waals surface area contributed by atoms with Crippen LogP contribution in [0.15, 0.2) is 30.4 Å². The van der Waals surface area contributed by atoms with Crippen LogP contribution in [0.4, 0.5) is 0 Å². The van der Waals surface area contributed by atoms with Gasteiger partial charge in [0.2, 0.25) is 0 Å². The number of carbonyl (C=O) groups excluding carboxylic acids is 1. The van der Waals surface area contributed by atoms with Crippen LogP contribution in [0, 0.1) is 17.8 Å². The molecule has 1 saturated carbocycles. The molecule has 26 heavy (non-hydrogen) atoms. The maximum atomic E-state index is 13.0. The van der Waals surface area contributed by atoms with Gasteiger partial charge in [-0.15, -0.1) is 0 Å². The zero-order chi connectivity index (χ0) is 18.1. The highest BCUT2D eigenvalue weighted by Gasteiger charge is 2.38. The van der Waals surface area contributed by atoms with E-state index in [0.29, 0.717) is 17.1 Å². The van der Waals surface area contributed by atoms with Crippen molar-refractivity contribution in [3.8, 4) is 11.5 Å². The first-order valence-electron chi connectivity index (χ1n) is 9.71. The summed E-state index contributed by atoms with van der Waals surface area (Å²) < 4.78 is 10.8. The molecule has 4 rings (SSSR count). The minimum Gasteiger partial charge on any atom is -0.493 e. The fourth-order valence-electron chi connectivity index (χ4n) is 4.96. The predicted molar refractivity (Wildman–Crippen MR) is 99.9 cm³/mol. The van der Waals surface area contributed by atoms with Crippen LogP contribution in [0.25, 0.3) is 0 Å². The van der Waals surface area contributed by atoms with E-state index in [4.69, 9.17) is 9.47 Å². The van der Waals surface area contributed by atoms with E-state index < -0.39 is 0 Å². The van der Waals surface area contributed by atoms with E-state index in [9.17, 15) is 4.79 Å². The van der Waals surface area contributed by atoms with Gasteiger partial charge in [0, 0.05) is 5.92 Å². The van der Waals surface area contributed by atoms with Gasteiger partial charge in [0.05, 0.1) is 52.5 Å². The average molecular weight is 357 g/mol. The fraction of sp³-hybridized carbons (Fsp3) is 0.571. The summed E-state index contributed by atoms with van der Waals surface area (Å²) in [7, 11) is 3.18. The van der Waals surface area contributed by atoms with Gasteiger partial charge >= 0.3 is 0 Å². The molecule has 5 nitrogen and oxygen atoms in total. The van der Waals surface area contributed by atoms with Crippen LogP contribution in [-0.2, 0) is 0 Å². The van der Waals surface area contributed by atoms with Crippen molar-refractivity contribution in [2.45, 2.75) is 12.8 Å². The third-order valence-electron chi connectivity index (χ3n) is 6.36. The second kappa shape index (κ2) is 7.31. The summed E-state index contributed by atoms with van der Waals surface area (Å²) in [6, 6.07) is 5.49. The van der Waals surface area contributed by atoms with Crippen molar-refractivity contribution in [2.75, 3.05) is 46.9 Å². The van der Waals surface area contributed by atoms with Crippen LogP contribution < -0.4 is 14.4 Å². The van der Waals surface area contributed by atoms with E-state index in [0.717, 1.165) is 43.9 Å². The topological polar surface area (TPSA) is 43.2 Å². The van der Waals surface area contributed by atoms with Gasteiger partial charge in [-0.2, -0.15) is 0 Å². The predicted octanol–water partition coefficient (Wildman–Crippen LogP) is 1.26. The maximum Gasteiger partial charge on any atom is 0.258 e. The second-order valence-electron chi connectivity index (χ2n) is 7.83. The number of nitrogens with zero attached hydrogens (tertiary/aromatic N) is 1. The van der Waals surface area contributed by atoms with E-state index in [1.807, 2.05) is 23.1 Å². The number of hydrogen-bond acceptors (Lipinski definition) is 3. The molecule has 1 heterocycles. The third kappa shape index (κ3) is 3.20. The molecule has 1 saturated heterocycles. The van der Waals surface area contributed by atoms with Crippen LogP contribution >= 0.6 is 0 Å². The highest BCUT2D eigenvalue weighted by atomic mass is 16.5. The van der Waals surface area contributed by atoms with Crippen molar-refractivity contribution >= 4 is 5.91 Å². The first-order chi connectivity index (χ1) is 12.7. The Bertz CT molecular complexity index is 694. The Morgan fingerprint density at radius 3 is 2.58 bits per heavy atom. The van der Waals surface area contributed by atoms with Gasteiger partial charge in [-0.05, 0) is 36.8 Å². The lowest BCUT2D eigenvalue weighted by atomic mass is 9.93. The zero-order valence-electron chi connectivity index (χ0n) is 15.7. The highest BCUT2D eigenvalue weighted by Crippen LogP contribution is 2.42. The minimum absolute atomic E-state index is 0.0441. The molecule has 3 atom stereocenters. The number of quaternary nitrogens is 1. The molecule has 2 fully saturated rings. The molecule has 2 bridgehead atoms. The van der Waals surface area contributed by atoms with Gasteiger partial charge in [-0.25, -0.2) is 0 Å². The molecular formula is C21H29N2O3+. The molecule has 3 aliphatic rings. The van der Waals surface area contributed by atoms with Crippen molar-refractivity contribution in [2.24, 2.45) is 17.8 Å². The van der Waals surface area contributed by atoms with Gasteiger partial charge in [0.1, 0.15) is 0 Å². The number of ether oxygens (including phenoxy) is 2. The molecule has 0 radical (unpaired) electrons. The average Bonchev–Trinajstić information content (AvgIpc) is 3.30. The van der Waals surface area contributed by atoms with Crippen LogP contribution in [-0.4, -0.2) is 57.8 Å². The summed E-state index contributed by atoms with van der Waals surface area (Å²) in [6.45, 7) is 4.96. The molecule has 1 aromatic rings. The quantitative estimate of drug-likeness (QED) is 0.807. The third-order valence-corrected chi connectivity index (χ3v) is 6.36. The first-order valence-corrected chi connectivity index (χ1v) is 9.71. The molecule has 1 aromatic carbocycles. The van der Waals surface area contributed by atoms with Crippen LogP contribution in [0.5, 0.6) is 11.5 Å². The number of para-hydroxylation sites is 1. The van der Waals surface area contributed by atoms with E-state index in [-0.39, 0.29) is 5.91 Å². The van der Waals surface area contributed by atoms with Crippen LogP contribution in [0.2, 0.25) is 0 Å². The molecule has 0 spiro atoms. The molecule has 0 aromatic heterocycles. The number of rotatable bonds is 5. The van der Waals surface area contributed by atoms with Gasteiger partial charge in [0.25, 0.3) is 5.91 Å². The number of methoxy groups -OCH3 is 2. The number of hydrogen-bond donors (Lipinski definition) is 1. The summed E-state index contributed by atoms with van der Waals surface area (Å²) >= 11 is 0. The molecule has 1 amide bonds. The Kier molecular flexibility index (Phi) is 4.90. The molecule has 1 aliphatic heterocycles. The number of allylic oxidation sites excluding steroid dienone is 2. The van der Waals surface area contributed by atoms with Crippen molar-refractivity contribution < 1.29 is 19.2 Å². The zero-order valence-corrected chi connectivity index (χ0v) is 15.7. The van der Waals surface area contributed by atoms with E-state index in [2.05, 4.69) is 12.2 Å². The van der Waals surface area contributed by atoms with Gasteiger partial charge in [-0.3, -0.25) is 4.79 Å². The number of piperazine rings is 1. The highest BCUT2D eigenvalue weighted by molar-refractivity contribution is 5.97. The molecule has 2 aliphatic carbocycles. The molecule has 140 valence electrons. The lowest BCUT2D eigenvalue weighted by molar-refractivity contribution is -0.907. The standard InChI is InChI=1S/C21H28N2O3/c1-25-19-5-3-4-18(20(19)26-2)21(24)23-10-8-22(9-11-23)14-17-13-15-6-7-16(17)12-15/h3-7,15-17H,8-14H2,1-2H3/p+1/t15-,16+,17+/m1/s1. The molecule has 5 heteroatoms. The normalized spacial score (nSPS) is 27.8. The number of amides is 1. The van der Waals surface area contributed by atoms with Crippen molar-refractivity contribution in [1.82, 2.24) is 4.90 Å². The van der Waals surface area contributed by atoms with Crippen molar-refractivity contribution in [1.29, 1.82) is 0 Å². The number of benzene rings is 1. The minimum atomic E-state index is 0.0441. The van der Waals surface area contributed by atoms with Crippen molar-refractivity contribution in [3.63, 3.8) is 0 Å².